The average Bonchev–Trinajstić information content (AvgIpc) is 3.55. The molecule has 450 valence electrons. The van der Waals surface area contributed by atoms with Gasteiger partial charge in [-0.2, -0.15) is 0 Å². The minimum Gasteiger partial charge on any atom is -0.388 e. The number of halogens is 2. The molecule has 0 aromatic rings. The molecular formula is C62H131F2N9O2. The Balaban J connectivity index is 0.000000422. The molecule has 9 aliphatic heterocycles. The number of ether oxygens (including phenoxy) is 1. The number of hydrogen-bond donors (Lipinski definition) is 1. The number of aliphatic hydroxyl groups is 1. The van der Waals surface area contributed by atoms with E-state index >= 15 is 0 Å². The zero-order valence-corrected chi connectivity index (χ0v) is 54.3. The van der Waals surface area contributed by atoms with Crippen molar-refractivity contribution in [1.29, 1.82) is 0 Å². The number of hydrogen-bond acceptors (Lipinski definition) is 11. The van der Waals surface area contributed by atoms with E-state index in [4.69, 9.17) is 4.74 Å². The highest BCUT2D eigenvalue weighted by Gasteiger charge is 2.40. The molecule has 0 aromatic carbocycles. The van der Waals surface area contributed by atoms with E-state index < -0.39 is 17.4 Å². The van der Waals surface area contributed by atoms with Crippen LogP contribution in [0.25, 0.3) is 0 Å². The lowest BCUT2D eigenvalue weighted by Crippen LogP contribution is -2.61. The van der Waals surface area contributed by atoms with Crippen molar-refractivity contribution in [2.75, 3.05) is 124 Å². The summed E-state index contributed by atoms with van der Waals surface area (Å²) in [5, 5.41) is 9.29. The number of alkyl halides is 2. The van der Waals surface area contributed by atoms with Crippen molar-refractivity contribution in [3.8, 4) is 0 Å². The Kier molecular flexibility index (Phi) is 34.1. The molecule has 9 saturated heterocycles. The van der Waals surface area contributed by atoms with Gasteiger partial charge in [-0.1, -0.05) is 20.8 Å². The number of nitrogens with zero attached hydrogens (tertiary/aromatic N) is 9. The Morgan fingerprint density at radius 2 is 0.760 bits per heavy atom. The molecule has 3 atom stereocenters. The molecule has 0 spiro atoms. The summed E-state index contributed by atoms with van der Waals surface area (Å²) >= 11 is 0. The third-order valence-corrected chi connectivity index (χ3v) is 16.2. The van der Waals surface area contributed by atoms with Gasteiger partial charge in [0.25, 0.3) is 0 Å². The molecule has 1 N–H and O–H groups in total. The lowest BCUT2D eigenvalue weighted by Gasteiger charge is -2.48. The summed E-state index contributed by atoms with van der Waals surface area (Å²) in [7, 11) is 0. The fraction of sp³-hybridized carbons (Fsp3) is 1.00. The summed E-state index contributed by atoms with van der Waals surface area (Å²) in [5.74, 6) is 0.937. The van der Waals surface area contributed by atoms with Gasteiger partial charge in [0, 0.05) is 139 Å². The average molecular weight is 1070 g/mol. The molecule has 9 aliphatic rings. The first-order chi connectivity index (χ1) is 34.6. The summed E-state index contributed by atoms with van der Waals surface area (Å²) in [4.78, 5) is 21.4. The van der Waals surface area contributed by atoms with Crippen LogP contribution < -0.4 is 0 Å². The van der Waals surface area contributed by atoms with Gasteiger partial charge in [-0.05, 0) is 215 Å². The molecule has 9 rings (SSSR count). The maximum Gasteiger partial charge on any atom is 0.133 e. The number of morpholine rings is 1. The van der Waals surface area contributed by atoms with Gasteiger partial charge in [-0.15, -0.1) is 0 Å². The van der Waals surface area contributed by atoms with Gasteiger partial charge in [0.15, 0.2) is 0 Å². The second kappa shape index (κ2) is 35.3. The van der Waals surface area contributed by atoms with Crippen molar-refractivity contribution in [3.63, 3.8) is 0 Å². The lowest BCUT2D eigenvalue weighted by molar-refractivity contribution is -0.0962. The highest BCUT2D eigenvalue weighted by molar-refractivity contribution is 4.94. The number of rotatable bonds is 9. The molecule has 11 nitrogen and oxygen atoms in total. The van der Waals surface area contributed by atoms with Crippen LogP contribution in [0.3, 0.4) is 0 Å². The molecule has 0 aromatic heterocycles. The lowest BCUT2D eigenvalue weighted by atomic mass is 9.83. The van der Waals surface area contributed by atoms with Gasteiger partial charge in [0.2, 0.25) is 0 Å². The summed E-state index contributed by atoms with van der Waals surface area (Å²) in [5.41, 5.74) is -0.696. The van der Waals surface area contributed by atoms with Gasteiger partial charge in [0.1, 0.15) is 11.8 Å². The Hall–Kier alpha value is -0.580. The van der Waals surface area contributed by atoms with Crippen LogP contribution in [0.15, 0.2) is 0 Å². The molecule has 0 saturated carbocycles. The first kappa shape index (κ1) is 72.4. The van der Waals surface area contributed by atoms with Crippen LogP contribution >= 0.6 is 0 Å². The maximum absolute atomic E-state index is 12.8. The minimum atomic E-state index is -0.899. The Morgan fingerprint density at radius 3 is 0.907 bits per heavy atom. The van der Waals surface area contributed by atoms with Gasteiger partial charge in [-0.25, -0.2) is 8.78 Å². The first-order valence-corrected chi connectivity index (χ1v) is 30.9. The number of likely N-dealkylation sites (tertiary alicyclic amines) is 7. The molecule has 9 heterocycles. The normalized spacial score (nSPS) is 26.6. The monoisotopic (exact) mass is 1070 g/mol. The molecule has 0 amide bonds. The predicted octanol–water partition coefficient (Wildman–Crippen LogP) is 10.8. The Morgan fingerprint density at radius 1 is 0.413 bits per heavy atom. The minimum absolute atomic E-state index is 0.399. The third-order valence-electron chi connectivity index (χ3n) is 16.2. The first-order valence-electron chi connectivity index (χ1n) is 30.9. The van der Waals surface area contributed by atoms with Crippen LogP contribution in [0.5, 0.6) is 0 Å². The molecule has 0 bridgehead atoms. The van der Waals surface area contributed by atoms with Crippen LogP contribution in [0.4, 0.5) is 8.78 Å². The van der Waals surface area contributed by atoms with Crippen LogP contribution in [0, 0.1) is 11.3 Å². The predicted molar refractivity (Wildman–Crippen MR) is 322 cm³/mol. The Bertz CT molecular complexity index is 1320. The van der Waals surface area contributed by atoms with Crippen LogP contribution in [-0.2, 0) is 4.74 Å². The summed E-state index contributed by atoms with van der Waals surface area (Å²) in [6.07, 6.45) is 5.10. The van der Waals surface area contributed by atoms with E-state index in [1.165, 1.54) is 84.6 Å². The summed E-state index contributed by atoms with van der Waals surface area (Å²) < 4.78 is 30.1. The van der Waals surface area contributed by atoms with Crippen molar-refractivity contribution in [1.82, 2.24) is 44.1 Å². The van der Waals surface area contributed by atoms with Crippen LogP contribution in [0.2, 0.25) is 0 Å². The van der Waals surface area contributed by atoms with Crippen molar-refractivity contribution in [3.05, 3.63) is 0 Å². The zero-order chi connectivity index (χ0) is 57.6. The van der Waals surface area contributed by atoms with E-state index in [0.29, 0.717) is 55.8 Å². The van der Waals surface area contributed by atoms with Gasteiger partial charge < -0.3 is 24.5 Å². The molecule has 0 radical (unpaired) electrons. The van der Waals surface area contributed by atoms with Crippen molar-refractivity contribution in [2.45, 2.75) is 270 Å². The van der Waals surface area contributed by atoms with Gasteiger partial charge in [0.05, 0.1) is 18.8 Å². The van der Waals surface area contributed by atoms with Crippen molar-refractivity contribution >= 4 is 0 Å². The maximum atomic E-state index is 12.8. The fourth-order valence-corrected chi connectivity index (χ4v) is 10.3. The van der Waals surface area contributed by atoms with Crippen LogP contribution in [-0.4, -0.2) is 252 Å². The highest BCUT2D eigenvalue weighted by atomic mass is 19.1. The second-order valence-corrected chi connectivity index (χ2v) is 27.9. The van der Waals surface area contributed by atoms with E-state index in [-0.39, 0.29) is 0 Å². The molecule has 13 heteroatoms. The van der Waals surface area contributed by atoms with E-state index in [1.807, 2.05) is 6.92 Å². The fourth-order valence-electron chi connectivity index (χ4n) is 10.3. The molecule has 75 heavy (non-hydrogen) atoms. The van der Waals surface area contributed by atoms with E-state index in [2.05, 4.69) is 196 Å². The highest BCUT2D eigenvalue weighted by Crippen LogP contribution is 2.30. The molecule has 9 fully saturated rings. The quantitative estimate of drug-likeness (QED) is 0.225. The molecule has 3 unspecified atom stereocenters. The molecule has 0 aliphatic carbocycles. The second-order valence-electron chi connectivity index (χ2n) is 27.9. The largest absolute Gasteiger partial charge is 0.388 e. The SMILES string of the molecule is CC(C)N1CC(C)(C)C1.CC(C)N1CC(C)(F)C1.CC(C)N1CC(C)(O)C1.CC(C)N1CC(F)C1.CC(C)N1CC1C.CC(C)N1CCC1.CC(C)N1CCCC1.CC(C)N1CCOCC1.CC1CCN(C(C)C)C1. The van der Waals surface area contributed by atoms with Crippen molar-refractivity contribution < 1.29 is 18.6 Å². The van der Waals surface area contributed by atoms with Crippen molar-refractivity contribution in [2.24, 2.45) is 11.3 Å². The zero-order valence-electron chi connectivity index (χ0n) is 54.3. The molecular weight excluding hydrogens is 941 g/mol. The summed E-state index contributed by atoms with van der Waals surface area (Å²) in [6, 6.07) is 7.03. The van der Waals surface area contributed by atoms with E-state index in [0.717, 1.165) is 81.6 Å². The van der Waals surface area contributed by atoms with Crippen LogP contribution in [0.1, 0.15) is 192 Å². The number of β-amino-alcohol motifs (C(OH)–C–C–N with tert-alkyl or cyclic N) is 1. The van der Waals surface area contributed by atoms with E-state index in [1.54, 1.807) is 6.92 Å². The van der Waals surface area contributed by atoms with E-state index in [9.17, 15) is 13.9 Å². The standard InChI is InChI=1S/2C8H17N.C7H14FN.2C7H15NO.C7H15N.C6H12FN.2C6H13N/c1-7(2)9-5-8(3,4)6-9;1-7(2)9-5-4-8(3)6-9;1-6(2)9-4-7(3,8)5-9;1-6(2)8-4-7(3,9)5-8;1-7(2)8-3-5-9-6-4-8;1-7(2)8-5-3-4-6-8;1-5(2)8-3-6(7)4-8;1-5(2)7-4-6(7)3;1-6(2)7-4-3-5-7/h7H,5-6H2,1-4H3;7-8H,4-6H2,1-3H3;6H,4-5H2,1-3H3;6,9H,4-5H2,1-3H3;7H,3-6H2,1-2H3;7H,3-6H2,1-2H3;5-6H,3-4H2,1-2H3;5-6H,4H2,1-3H3;6H,3-5H2,1-2H3. The van der Waals surface area contributed by atoms with Gasteiger partial charge in [-0.3, -0.25) is 29.4 Å². The summed E-state index contributed by atoms with van der Waals surface area (Å²) in [6.45, 7) is 72.6. The Labute approximate surface area is 466 Å². The third kappa shape index (κ3) is 31.3. The van der Waals surface area contributed by atoms with Gasteiger partial charge >= 0.3 is 0 Å². The topological polar surface area (TPSA) is 58.4 Å². The smallest absolute Gasteiger partial charge is 0.133 e.